The Morgan fingerprint density at radius 3 is 2.29 bits per heavy atom. The van der Waals surface area contributed by atoms with Crippen LogP contribution < -0.4 is 14.3 Å². The molecule has 1 heterocycles. The summed E-state index contributed by atoms with van der Waals surface area (Å²) in [5, 5.41) is 0. The Morgan fingerprint density at radius 1 is 0.905 bits per heavy atom. The highest BCUT2D eigenvalue weighted by molar-refractivity contribution is 7.88. The number of unbranched alkanes of at least 4 members (excludes halogenated alkanes) is 1. The van der Waals surface area contributed by atoms with E-state index in [0.29, 0.717) is 6.54 Å². The lowest BCUT2D eigenvalue weighted by molar-refractivity contribution is 0.676. The van der Waals surface area contributed by atoms with E-state index in [-0.39, 0.29) is 0 Å². The number of hydrogen-bond donors (Lipinski definition) is 1. The maximum absolute atomic E-state index is 12.9. The lowest BCUT2D eigenvalue weighted by atomic mass is 10.2. The van der Waals surface area contributed by atoms with Gasteiger partial charge < -0.3 is 5.73 Å². The maximum atomic E-state index is 12.9. The quantitative estimate of drug-likeness (QED) is 0.863. The van der Waals surface area contributed by atoms with E-state index in [1.807, 2.05) is 63.2 Å². The number of fused-ring (bicyclic) bond motifs is 1. The highest BCUT2D eigenvalue weighted by Gasteiger charge is 2.33. The molecule has 110 valence electrons. The van der Waals surface area contributed by atoms with E-state index in [1.165, 1.54) is 0 Å². The molecular formula is C16H19N3OS. The Labute approximate surface area is 127 Å². The highest BCUT2D eigenvalue weighted by Crippen LogP contribution is 2.43. The first-order valence-corrected chi connectivity index (χ1v) is 8.23. The SMILES string of the molecule is NCCCCN1c2ccccc2N(c2ccccc2)S1=O. The van der Waals surface area contributed by atoms with Crippen LogP contribution in [-0.4, -0.2) is 17.3 Å². The zero-order chi connectivity index (χ0) is 14.7. The molecule has 5 heteroatoms. The van der Waals surface area contributed by atoms with Crippen molar-refractivity contribution in [1.29, 1.82) is 0 Å². The van der Waals surface area contributed by atoms with Gasteiger partial charge in [-0.3, -0.25) is 4.31 Å². The number of benzene rings is 2. The van der Waals surface area contributed by atoms with Crippen molar-refractivity contribution in [2.75, 3.05) is 21.7 Å². The molecule has 1 aliphatic heterocycles. The molecule has 2 aromatic carbocycles. The van der Waals surface area contributed by atoms with Gasteiger partial charge in [-0.05, 0) is 43.7 Å². The standard InChI is InChI=1S/C16H19N3OS/c17-12-6-7-13-18-15-10-4-5-11-16(15)19(21(18)20)14-8-2-1-3-9-14/h1-5,8-11H,6-7,12-13,17H2. The van der Waals surface area contributed by atoms with Gasteiger partial charge in [0, 0.05) is 6.54 Å². The fourth-order valence-corrected chi connectivity index (χ4v) is 3.93. The first-order valence-electron chi connectivity index (χ1n) is 7.17. The van der Waals surface area contributed by atoms with Crippen molar-refractivity contribution in [2.24, 2.45) is 5.73 Å². The van der Waals surface area contributed by atoms with Crippen molar-refractivity contribution in [2.45, 2.75) is 12.8 Å². The van der Waals surface area contributed by atoms with Crippen LogP contribution in [0.3, 0.4) is 0 Å². The summed E-state index contributed by atoms with van der Waals surface area (Å²) in [6, 6.07) is 17.9. The van der Waals surface area contributed by atoms with Crippen molar-refractivity contribution in [3.8, 4) is 0 Å². The molecule has 0 fully saturated rings. The first-order chi connectivity index (χ1) is 10.3. The van der Waals surface area contributed by atoms with Gasteiger partial charge in [0.05, 0.1) is 17.1 Å². The summed E-state index contributed by atoms with van der Waals surface area (Å²) in [5.74, 6) is 0. The van der Waals surface area contributed by atoms with E-state index in [2.05, 4.69) is 0 Å². The molecule has 3 rings (SSSR count). The third kappa shape index (κ3) is 2.66. The summed E-state index contributed by atoms with van der Waals surface area (Å²) in [7, 11) is 0. The number of nitrogens with zero attached hydrogens (tertiary/aromatic N) is 2. The van der Waals surface area contributed by atoms with Gasteiger partial charge in [-0.25, -0.2) is 8.51 Å². The van der Waals surface area contributed by atoms with Gasteiger partial charge in [-0.15, -0.1) is 0 Å². The van der Waals surface area contributed by atoms with Crippen molar-refractivity contribution in [1.82, 2.24) is 0 Å². The van der Waals surface area contributed by atoms with Gasteiger partial charge in [0.2, 0.25) is 11.2 Å². The van der Waals surface area contributed by atoms with Gasteiger partial charge in [0.15, 0.2) is 0 Å². The predicted octanol–water partition coefficient (Wildman–Crippen LogP) is 2.96. The summed E-state index contributed by atoms with van der Waals surface area (Å²) in [6.07, 6.45) is 1.89. The Balaban J connectivity index is 1.95. The predicted molar refractivity (Wildman–Crippen MR) is 88.8 cm³/mol. The summed E-state index contributed by atoms with van der Waals surface area (Å²) >= 11 is -1.22. The lowest BCUT2D eigenvalue weighted by Gasteiger charge is -2.20. The van der Waals surface area contributed by atoms with Crippen LogP contribution in [0.2, 0.25) is 0 Å². The van der Waals surface area contributed by atoms with E-state index in [1.54, 1.807) is 0 Å². The average Bonchev–Trinajstić information content (AvgIpc) is 2.81. The van der Waals surface area contributed by atoms with Crippen LogP contribution in [0.4, 0.5) is 17.1 Å². The molecule has 0 spiro atoms. The van der Waals surface area contributed by atoms with Gasteiger partial charge in [0.25, 0.3) is 0 Å². The molecule has 1 atom stereocenters. The van der Waals surface area contributed by atoms with E-state index in [4.69, 9.17) is 5.73 Å². The minimum absolute atomic E-state index is 0.671. The molecule has 2 N–H and O–H groups in total. The summed E-state index contributed by atoms with van der Waals surface area (Å²) in [6.45, 7) is 1.43. The fraction of sp³-hybridized carbons (Fsp3) is 0.250. The smallest absolute Gasteiger partial charge is 0.230 e. The van der Waals surface area contributed by atoms with Crippen molar-refractivity contribution in [3.05, 3.63) is 54.6 Å². The Kier molecular flexibility index (Phi) is 4.22. The van der Waals surface area contributed by atoms with Gasteiger partial charge in [-0.1, -0.05) is 30.3 Å². The molecule has 0 saturated carbocycles. The first kappa shape index (κ1) is 14.1. The second-order valence-electron chi connectivity index (χ2n) is 4.95. The van der Waals surface area contributed by atoms with Crippen LogP contribution >= 0.6 is 0 Å². The Bertz CT molecular complexity index is 632. The topological polar surface area (TPSA) is 49.6 Å². The molecule has 0 amide bonds. The maximum Gasteiger partial charge on any atom is 0.230 e. The molecule has 2 aromatic rings. The molecule has 0 aromatic heterocycles. The second-order valence-corrected chi connectivity index (χ2v) is 6.21. The number of rotatable bonds is 5. The van der Waals surface area contributed by atoms with Crippen LogP contribution in [0.15, 0.2) is 54.6 Å². The third-order valence-electron chi connectivity index (χ3n) is 3.52. The molecular weight excluding hydrogens is 282 g/mol. The number of hydrogen-bond acceptors (Lipinski definition) is 2. The van der Waals surface area contributed by atoms with E-state index < -0.39 is 11.2 Å². The second kappa shape index (κ2) is 6.28. The molecule has 0 radical (unpaired) electrons. The Hall–Kier alpha value is -1.85. The molecule has 21 heavy (non-hydrogen) atoms. The number of nitrogens with two attached hydrogens (primary N) is 1. The molecule has 1 aliphatic rings. The monoisotopic (exact) mass is 301 g/mol. The minimum Gasteiger partial charge on any atom is -0.330 e. The molecule has 1 unspecified atom stereocenters. The van der Waals surface area contributed by atoms with E-state index in [0.717, 1.165) is 36.4 Å². The molecule has 0 saturated heterocycles. The third-order valence-corrected chi connectivity index (χ3v) is 5.00. The van der Waals surface area contributed by atoms with Gasteiger partial charge in [-0.2, -0.15) is 0 Å². The molecule has 0 aliphatic carbocycles. The normalized spacial score (nSPS) is 17.1. The summed E-state index contributed by atoms with van der Waals surface area (Å²) in [4.78, 5) is 0. The minimum atomic E-state index is -1.22. The summed E-state index contributed by atoms with van der Waals surface area (Å²) in [5.41, 5.74) is 8.52. The molecule has 4 nitrogen and oxygen atoms in total. The zero-order valence-corrected chi connectivity index (χ0v) is 12.6. The van der Waals surface area contributed by atoms with Gasteiger partial charge >= 0.3 is 0 Å². The largest absolute Gasteiger partial charge is 0.330 e. The van der Waals surface area contributed by atoms with Gasteiger partial charge in [0.1, 0.15) is 0 Å². The van der Waals surface area contributed by atoms with Crippen molar-refractivity contribution >= 4 is 28.2 Å². The zero-order valence-electron chi connectivity index (χ0n) is 11.8. The lowest BCUT2D eigenvalue weighted by Crippen LogP contribution is -2.30. The average molecular weight is 301 g/mol. The van der Waals surface area contributed by atoms with Crippen LogP contribution in [0.1, 0.15) is 12.8 Å². The Morgan fingerprint density at radius 2 is 1.57 bits per heavy atom. The van der Waals surface area contributed by atoms with Crippen LogP contribution in [0.25, 0.3) is 0 Å². The van der Waals surface area contributed by atoms with Crippen LogP contribution in [-0.2, 0) is 11.2 Å². The fourth-order valence-electron chi connectivity index (χ4n) is 2.50. The molecule has 0 bridgehead atoms. The number of anilines is 3. The van der Waals surface area contributed by atoms with E-state index in [9.17, 15) is 4.21 Å². The van der Waals surface area contributed by atoms with E-state index >= 15 is 0 Å². The number of para-hydroxylation sites is 3. The van der Waals surface area contributed by atoms with Crippen molar-refractivity contribution in [3.63, 3.8) is 0 Å². The van der Waals surface area contributed by atoms with Crippen LogP contribution in [0, 0.1) is 0 Å². The van der Waals surface area contributed by atoms with Crippen LogP contribution in [0.5, 0.6) is 0 Å². The summed E-state index contributed by atoms with van der Waals surface area (Å²) < 4.78 is 16.7. The highest BCUT2D eigenvalue weighted by atomic mass is 32.2. The van der Waals surface area contributed by atoms with Crippen molar-refractivity contribution < 1.29 is 4.21 Å².